The first kappa shape index (κ1) is 9.24. The highest BCUT2D eigenvalue weighted by molar-refractivity contribution is 7.14. The standard InChI is InChI=1S/C11H10N2S2/c1-6-3-8-10(14-6)5-11-9(13-12-8)4-7(2)15-11/h3-4H,5H2,1-2H3. The van der Waals surface area contributed by atoms with Crippen molar-refractivity contribution in [2.24, 2.45) is 10.2 Å². The Morgan fingerprint density at radius 1 is 0.933 bits per heavy atom. The van der Waals surface area contributed by atoms with Crippen LogP contribution in [0, 0.1) is 13.8 Å². The van der Waals surface area contributed by atoms with Crippen LogP contribution in [0.5, 0.6) is 0 Å². The Kier molecular flexibility index (Phi) is 2.00. The highest BCUT2D eigenvalue weighted by Gasteiger charge is 2.15. The van der Waals surface area contributed by atoms with E-state index in [0.717, 1.165) is 17.8 Å². The molecule has 0 N–H and O–H groups in total. The van der Waals surface area contributed by atoms with Crippen LogP contribution >= 0.6 is 22.7 Å². The topological polar surface area (TPSA) is 24.7 Å². The van der Waals surface area contributed by atoms with Gasteiger partial charge in [0.2, 0.25) is 0 Å². The highest BCUT2D eigenvalue weighted by Crippen LogP contribution is 2.40. The molecule has 0 spiro atoms. The first-order valence-corrected chi connectivity index (χ1v) is 6.46. The van der Waals surface area contributed by atoms with Crippen molar-refractivity contribution in [2.75, 3.05) is 0 Å². The fraction of sp³-hybridized carbons (Fsp3) is 0.273. The first-order chi connectivity index (χ1) is 7.22. The lowest BCUT2D eigenvalue weighted by molar-refractivity contribution is 1.25. The van der Waals surface area contributed by atoms with E-state index in [0.29, 0.717) is 0 Å². The van der Waals surface area contributed by atoms with E-state index in [-0.39, 0.29) is 0 Å². The summed E-state index contributed by atoms with van der Waals surface area (Å²) in [5, 5.41) is 8.61. The molecule has 0 saturated carbocycles. The van der Waals surface area contributed by atoms with Crippen molar-refractivity contribution in [3.63, 3.8) is 0 Å². The van der Waals surface area contributed by atoms with Crippen molar-refractivity contribution in [1.82, 2.24) is 0 Å². The van der Waals surface area contributed by atoms with Crippen LogP contribution in [-0.4, -0.2) is 0 Å². The van der Waals surface area contributed by atoms with Gasteiger partial charge in [0.1, 0.15) is 11.4 Å². The van der Waals surface area contributed by atoms with Gasteiger partial charge in [0, 0.05) is 25.9 Å². The third kappa shape index (κ3) is 1.54. The van der Waals surface area contributed by atoms with Crippen LogP contribution in [0.25, 0.3) is 0 Å². The molecule has 4 heteroatoms. The van der Waals surface area contributed by atoms with Crippen LogP contribution in [0.1, 0.15) is 19.5 Å². The van der Waals surface area contributed by atoms with E-state index in [9.17, 15) is 0 Å². The van der Waals surface area contributed by atoms with Gasteiger partial charge in [0.25, 0.3) is 0 Å². The lowest BCUT2D eigenvalue weighted by Gasteiger charge is -1.92. The summed E-state index contributed by atoms with van der Waals surface area (Å²) in [4.78, 5) is 5.32. The van der Waals surface area contributed by atoms with Gasteiger partial charge in [-0.1, -0.05) is 0 Å². The highest BCUT2D eigenvalue weighted by atomic mass is 32.1. The van der Waals surface area contributed by atoms with E-state index >= 15 is 0 Å². The Morgan fingerprint density at radius 2 is 1.40 bits per heavy atom. The number of fused-ring (bicyclic) bond motifs is 2. The number of rotatable bonds is 0. The molecule has 1 aliphatic heterocycles. The average Bonchev–Trinajstić information content (AvgIpc) is 2.65. The average molecular weight is 234 g/mol. The normalized spacial score (nSPS) is 13.5. The molecule has 3 heterocycles. The molecule has 0 amide bonds. The maximum atomic E-state index is 4.30. The van der Waals surface area contributed by atoms with Crippen molar-refractivity contribution in [2.45, 2.75) is 20.3 Å². The molecular weight excluding hydrogens is 224 g/mol. The summed E-state index contributed by atoms with van der Waals surface area (Å²) >= 11 is 3.66. The molecule has 15 heavy (non-hydrogen) atoms. The van der Waals surface area contributed by atoms with Gasteiger partial charge in [-0.2, -0.15) is 0 Å². The first-order valence-electron chi connectivity index (χ1n) is 4.83. The Morgan fingerprint density at radius 3 is 1.87 bits per heavy atom. The minimum absolute atomic E-state index is 0.995. The minimum Gasteiger partial charge on any atom is -0.149 e. The second-order valence-electron chi connectivity index (χ2n) is 3.71. The monoisotopic (exact) mass is 234 g/mol. The molecular formula is C11H10N2S2. The maximum Gasteiger partial charge on any atom is 0.100 e. The van der Waals surface area contributed by atoms with Crippen molar-refractivity contribution in [3.8, 4) is 0 Å². The van der Waals surface area contributed by atoms with Gasteiger partial charge in [-0.15, -0.1) is 32.9 Å². The Labute approximate surface area is 96.3 Å². The molecule has 0 unspecified atom stereocenters. The van der Waals surface area contributed by atoms with Gasteiger partial charge in [-0.05, 0) is 26.0 Å². The number of hydrogen-bond donors (Lipinski definition) is 0. The van der Waals surface area contributed by atoms with E-state index in [2.05, 4.69) is 36.2 Å². The lowest BCUT2D eigenvalue weighted by atomic mass is 10.2. The third-order valence-electron chi connectivity index (χ3n) is 2.41. The number of azo groups is 1. The molecule has 0 saturated heterocycles. The predicted octanol–water partition coefficient (Wildman–Crippen LogP) is 4.75. The molecule has 0 aromatic carbocycles. The zero-order valence-corrected chi connectivity index (χ0v) is 10.2. The molecule has 2 aromatic rings. The van der Waals surface area contributed by atoms with E-state index in [1.54, 1.807) is 0 Å². The predicted molar refractivity (Wildman–Crippen MR) is 65.1 cm³/mol. The number of hydrogen-bond acceptors (Lipinski definition) is 4. The third-order valence-corrected chi connectivity index (χ3v) is 4.49. The molecule has 0 aliphatic carbocycles. The van der Waals surface area contributed by atoms with E-state index in [4.69, 9.17) is 0 Å². The van der Waals surface area contributed by atoms with Crippen LogP contribution in [0.2, 0.25) is 0 Å². The summed E-state index contributed by atoms with van der Waals surface area (Å²) in [6.07, 6.45) is 0.995. The SMILES string of the molecule is Cc1cc2c(s1)Cc1sc(C)cc1N=N2. The molecule has 76 valence electrons. The van der Waals surface area contributed by atoms with E-state index in [1.165, 1.54) is 19.5 Å². The Balaban J connectivity index is 2.15. The number of nitrogens with zero attached hydrogens (tertiary/aromatic N) is 2. The van der Waals surface area contributed by atoms with Crippen molar-refractivity contribution < 1.29 is 0 Å². The van der Waals surface area contributed by atoms with Gasteiger partial charge in [0.15, 0.2) is 0 Å². The van der Waals surface area contributed by atoms with E-state index in [1.807, 2.05) is 22.7 Å². The molecule has 0 atom stereocenters. The van der Waals surface area contributed by atoms with Gasteiger partial charge in [0.05, 0.1) is 0 Å². The maximum absolute atomic E-state index is 4.30. The van der Waals surface area contributed by atoms with Gasteiger partial charge < -0.3 is 0 Å². The fourth-order valence-corrected chi connectivity index (χ4v) is 3.83. The summed E-state index contributed by atoms with van der Waals surface area (Å²) in [5.74, 6) is 0. The zero-order chi connectivity index (χ0) is 10.4. The molecule has 1 aliphatic rings. The van der Waals surface area contributed by atoms with Gasteiger partial charge in [-0.3, -0.25) is 0 Å². The summed E-state index contributed by atoms with van der Waals surface area (Å²) in [5.41, 5.74) is 2.11. The van der Waals surface area contributed by atoms with Gasteiger partial charge >= 0.3 is 0 Å². The van der Waals surface area contributed by atoms with Crippen molar-refractivity contribution >= 4 is 34.0 Å². The zero-order valence-electron chi connectivity index (χ0n) is 8.57. The summed E-state index contributed by atoms with van der Waals surface area (Å²) in [6, 6.07) is 4.24. The molecule has 2 aromatic heterocycles. The van der Waals surface area contributed by atoms with Crippen LogP contribution in [0.4, 0.5) is 11.4 Å². The van der Waals surface area contributed by atoms with Crippen LogP contribution in [0.3, 0.4) is 0 Å². The van der Waals surface area contributed by atoms with Crippen LogP contribution in [-0.2, 0) is 6.42 Å². The molecule has 0 radical (unpaired) electrons. The van der Waals surface area contributed by atoms with E-state index < -0.39 is 0 Å². The number of aryl methyl sites for hydroxylation is 2. The lowest BCUT2D eigenvalue weighted by Crippen LogP contribution is -1.76. The smallest absolute Gasteiger partial charge is 0.100 e. The van der Waals surface area contributed by atoms with Crippen molar-refractivity contribution in [3.05, 3.63) is 31.6 Å². The summed E-state index contributed by atoms with van der Waals surface area (Å²) in [7, 11) is 0. The summed E-state index contributed by atoms with van der Waals surface area (Å²) < 4.78 is 0. The number of thiophene rings is 2. The Hall–Kier alpha value is -1.00. The van der Waals surface area contributed by atoms with Crippen molar-refractivity contribution in [1.29, 1.82) is 0 Å². The summed E-state index contributed by atoms with van der Waals surface area (Å²) in [6.45, 7) is 4.24. The largest absolute Gasteiger partial charge is 0.149 e. The second-order valence-corrected chi connectivity index (χ2v) is 6.39. The molecule has 0 bridgehead atoms. The molecule has 3 rings (SSSR count). The Bertz CT molecular complexity index is 501. The second kappa shape index (κ2) is 3.25. The minimum atomic E-state index is 0.995. The quantitative estimate of drug-likeness (QED) is 0.536. The van der Waals surface area contributed by atoms with Gasteiger partial charge in [-0.25, -0.2) is 0 Å². The molecule has 2 nitrogen and oxygen atoms in total. The molecule has 0 fully saturated rings. The van der Waals surface area contributed by atoms with Crippen LogP contribution < -0.4 is 0 Å². The van der Waals surface area contributed by atoms with Crippen LogP contribution in [0.15, 0.2) is 22.4 Å². The fourth-order valence-electron chi connectivity index (χ4n) is 1.77.